The van der Waals surface area contributed by atoms with Gasteiger partial charge in [0, 0.05) is 17.1 Å². The number of nitrogens with zero attached hydrogens (tertiary/aromatic N) is 1. The standard InChI is InChI=1S/C15H17N3O2S/c1-18(9-11-5-4-8-21-11)10-14(19)17-15(20)12-6-2-3-7-13(12)16/h2-8H,9-10,16H2,1H3,(H,17,19,20). The molecule has 2 amide bonds. The lowest BCUT2D eigenvalue weighted by atomic mass is 10.1. The van der Waals surface area contributed by atoms with Crippen molar-refractivity contribution in [3.05, 3.63) is 52.2 Å². The molecule has 2 aromatic rings. The van der Waals surface area contributed by atoms with Gasteiger partial charge >= 0.3 is 0 Å². The van der Waals surface area contributed by atoms with Gasteiger partial charge < -0.3 is 5.73 Å². The fraction of sp³-hybridized carbons (Fsp3) is 0.200. The van der Waals surface area contributed by atoms with E-state index in [0.29, 0.717) is 17.8 Å². The van der Waals surface area contributed by atoms with E-state index in [-0.39, 0.29) is 12.5 Å². The van der Waals surface area contributed by atoms with Gasteiger partial charge in [-0.05, 0) is 30.6 Å². The molecule has 0 atom stereocenters. The SMILES string of the molecule is CN(CC(=O)NC(=O)c1ccccc1N)Cc1cccs1. The van der Waals surface area contributed by atoms with Gasteiger partial charge in [-0.2, -0.15) is 0 Å². The molecule has 0 saturated heterocycles. The second-order valence-corrected chi connectivity index (χ2v) is 5.75. The molecule has 2 rings (SSSR count). The highest BCUT2D eigenvalue weighted by atomic mass is 32.1. The fourth-order valence-corrected chi connectivity index (χ4v) is 2.69. The minimum Gasteiger partial charge on any atom is -0.398 e. The zero-order valence-corrected chi connectivity index (χ0v) is 12.5. The summed E-state index contributed by atoms with van der Waals surface area (Å²) in [6.45, 7) is 0.823. The molecule has 1 aromatic carbocycles. The number of thiophene rings is 1. The minimum absolute atomic E-state index is 0.149. The normalized spacial score (nSPS) is 10.6. The van der Waals surface area contributed by atoms with E-state index in [4.69, 9.17) is 5.73 Å². The van der Waals surface area contributed by atoms with E-state index < -0.39 is 5.91 Å². The van der Waals surface area contributed by atoms with Crippen molar-refractivity contribution in [2.24, 2.45) is 0 Å². The summed E-state index contributed by atoms with van der Waals surface area (Å²) in [4.78, 5) is 26.8. The summed E-state index contributed by atoms with van der Waals surface area (Å²) in [7, 11) is 1.83. The van der Waals surface area contributed by atoms with E-state index in [0.717, 1.165) is 0 Å². The number of anilines is 1. The highest BCUT2D eigenvalue weighted by Gasteiger charge is 2.14. The molecular weight excluding hydrogens is 286 g/mol. The van der Waals surface area contributed by atoms with Crippen LogP contribution >= 0.6 is 11.3 Å². The van der Waals surface area contributed by atoms with Crippen LogP contribution in [0.2, 0.25) is 0 Å². The molecule has 0 spiro atoms. The zero-order valence-electron chi connectivity index (χ0n) is 11.7. The maximum Gasteiger partial charge on any atom is 0.259 e. The van der Waals surface area contributed by atoms with E-state index in [1.807, 2.05) is 29.5 Å². The van der Waals surface area contributed by atoms with Crippen molar-refractivity contribution in [3.63, 3.8) is 0 Å². The summed E-state index contributed by atoms with van der Waals surface area (Å²) in [6.07, 6.45) is 0. The molecule has 0 aliphatic heterocycles. The van der Waals surface area contributed by atoms with Crippen LogP contribution in [0.4, 0.5) is 5.69 Å². The maximum absolute atomic E-state index is 11.9. The van der Waals surface area contributed by atoms with Gasteiger partial charge in [-0.15, -0.1) is 11.3 Å². The van der Waals surface area contributed by atoms with Crippen LogP contribution in [-0.2, 0) is 11.3 Å². The first-order valence-corrected chi connectivity index (χ1v) is 7.34. The minimum atomic E-state index is -0.470. The number of nitrogen functional groups attached to an aromatic ring is 1. The average Bonchev–Trinajstić information content (AvgIpc) is 2.91. The zero-order chi connectivity index (χ0) is 15.2. The third kappa shape index (κ3) is 4.40. The molecule has 3 N–H and O–H groups in total. The van der Waals surface area contributed by atoms with Gasteiger partial charge in [0.2, 0.25) is 5.91 Å². The first kappa shape index (κ1) is 15.2. The maximum atomic E-state index is 11.9. The first-order chi connectivity index (χ1) is 10.1. The fourth-order valence-electron chi connectivity index (χ4n) is 1.91. The molecule has 0 radical (unpaired) electrons. The number of nitrogens with two attached hydrogens (primary N) is 1. The van der Waals surface area contributed by atoms with Crippen molar-refractivity contribution in [2.45, 2.75) is 6.54 Å². The Kier molecular flexibility index (Phi) is 5.08. The molecular formula is C15H17N3O2S. The second-order valence-electron chi connectivity index (χ2n) is 4.72. The van der Waals surface area contributed by atoms with E-state index in [1.54, 1.807) is 35.6 Å². The Labute approximate surface area is 127 Å². The predicted octanol–water partition coefficient (Wildman–Crippen LogP) is 1.72. The van der Waals surface area contributed by atoms with Gasteiger partial charge in [0.25, 0.3) is 5.91 Å². The molecule has 0 aliphatic rings. The Morgan fingerprint density at radius 1 is 1.24 bits per heavy atom. The van der Waals surface area contributed by atoms with Crippen molar-refractivity contribution in [2.75, 3.05) is 19.3 Å². The summed E-state index contributed by atoms with van der Waals surface area (Å²) in [5.74, 6) is -0.815. The Hall–Kier alpha value is -2.18. The molecule has 1 heterocycles. The summed E-state index contributed by atoms with van der Waals surface area (Å²) >= 11 is 1.63. The number of nitrogens with one attached hydrogen (secondary N) is 1. The highest BCUT2D eigenvalue weighted by Crippen LogP contribution is 2.11. The van der Waals surface area contributed by atoms with Crippen LogP contribution in [0.15, 0.2) is 41.8 Å². The number of likely N-dealkylation sites (N-methyl/N-ethyl adjacent to an activating group) is 1. The molecule has 6 heteroatoms. The molecule has 0 bridgehead atoms. The number of benzene rings is 1. The number of hydrogen-bond acceptors (Lipinski definition) is 5. The molecule has 21 heavy (non-hydrogen) atoms. The van der Waals surface area contributed by atoms with Crippen LogP contribution in [-0.4, -0.2) is 30.3 Å². The van der Waals surface area contributed by atoms with Crippen LogP contribution in [0.3, 0.4) is 0 Å². The average molecular weight is 303 g/mol. The van der Waals surface area contributed by atoms with Gasteiger partial charge in [-0.1, -0.05) is 18.2 Å². The van der Waals surface area contributed by atoms with Gasteiger partial charge in [-0.25, -0.2) is 0 Å². The smallest absolute Gasteiger partial charge is 0.259 e. The molecule has 0 aliphatic carbocycles. The topological polar surface area (TPSA) is 75.4 Å². The molecule has 5 nitrogen and oxygen atoms in total. The van der Waals surface area contributed by atoms with Crippen molar-refractivity contribution in [1.82, 2.24) is 10.2 Å². The Morgan fingerprint density at radius 3 is 2.67 bits per heavy atom. The van der Waals surface area contributed by atoms with Crippen LogP contribution in [0.5, 0.6) is 0 Å². The second kappa shape index (κ2) is 7.01. The number of hydrogen-bond donors (Lipinski definition) is 2. The molecule has 0 fully saturated rings. The van der Waals surface area contributed by atoms with E-state index in [1.165, 1.54) is 4.88 Å². The van der Waals surface area contributed by atoms with Crippen molar-refractivity contribution in [3.8, 4) is 0 Å². The third-order valence-electron chi connectivity index (χ3n) is 2.88. The number of carbonyl (C=O) groups is 2. The summed E-state index contributed by atoms with van der Waals surface area (Å²) < 4.78 is 0. The highest BCUT2D eigenvalue weighted by molar-refractivity contribution is 7.09. The van der Waals surface area contributed by atoms with Crippen LogP contribution < -0.4 is 11.1 Å². The summed E-state index contributed by atoms with van der Waals surface area (Å²) in [5, 5.41) is 4.34. The van der Waals surface area contributed by atoms with Gasteiger partial charge in [0.15, 0.2) is 0 Å². The van der Waals surface area contributed by atoms with Gasteiger partial charge in [0.1, 0.15) is 0 Å². The van der Waals surface area contributed by atoms with E-state index in [2.05, 4.69) is 5.32 Å². The molecule has 1 aromatic heterocycles. The lowest BCUT2D eigenvalue weighted by Gasteiger charge is -2.15. The largest absolute Gasteiger partial charge is 0.398 e. The first-order valence-electron chi connectivity index (χ1n) is 6.46. The van der Waals surface area contributed by atoms with Crippen molar-refractivity contribution < 1.29 is 9.59 Å². The van der Waals surface area contributed by atoms with Gasteiger partial charge in [-0.3, -0.25) is 19.8 Å². The van der Waals surface area contributed by atoms with E-state index in [9.17, 15) is 9.59 Å². The lowest BCUT2D eigenvalue weighted by Crippen LogP contribution is -2.38. The number of carbonyl (C=O) groups excluding carboxylic acids is 2. The Bertz CT molecular complexity index is 626. The Morgan fingerprint density at radius 2 is 2.00 bits per heavy atom. The van der Waals surface area contributed by atoms with Crippen LogP contribution in [0.1, 0.15) is 15.2 Å². The quantitative estimate of drug-likeness (QED) is 0.825. The van der Waals surface area contributed by atoms with Crippen molar-refractivity contribution in [1.29, 1.82) is 0 Å². The number of para-hydroxylation sites is 1. The molecule has 0 saturated carbocycles. The predicted molar refractivity (Wildman–Crippen MR) is 84.0 cm³/mol. The Balaban J connectivity index is 1.87. The molecule has 110 valence electrons. The van der Waals surface area contributed by atoms with Gasteiger partial charge in [0.05, 0.1) is 12.1 Å². The lowest BCUT2D eigenvalue weighted by molar-refractivity contribution is -0.121. The summed E-state index contributed by atoms with van der Waals surface area (Å²) in [6, 6.07) is 10.6. The third-order valence-corrected chi connectivity index (χ3v) is 3.74. The van der Waals surface area contributed by atoms with E-state index >= 15 is 0 Å². The number of amides is 2. The molecule has 0 unspecified atom stereocenters. The number of imide groups is 1. The van der Waals surface area contributed by atoms with Crippen LogP contribution in [0, 0.1) is 0 Å². The van der Waals surface area contributed by atoms with Crippen molar-refractivity contribution >= 4 is 28.8 Å². The number of rotatable bonds is 5. The van der Waals surface area contributed by atoms with Crippen LogP contribution in [0.25, 0.3) is 0 Å². The summed E-state index contributed by atoms with van der Waals surface area (Å²) in [5.41, 5.74) is 6.38. The monoisotopic (exact) mass is 303 g/mol.